The minimum absolute atomic E-state index is 0.369. The Balaban J connectivity index is 2.02. The van der Waals surface area contributed by atoms with Crippen LogP contribution in [0.3, 0.4) is 0 Å². The van der Waals surface area contributed by atoms with E-state index in [9.17, 15) is 0 Å². The Morgan fingerprint density at radius 3 is 3.13 bits per heavy atom. The highest BCUT2D eigenvalue weighted by atomic mass is 15.5. The normalized spacial score (nSPS) is 9.53. The van der Waals surface area contributed by atoms with Gasteiger partial charge in [0.1, 0.15) is 17.6 Å². The van der Waals surface area contributed by atoms with Crippen molar-refractivity contribution in [1.82, 2.24) is 25.6 Å². The second-order valence-corrected chi connectivity index (χ2v) is 2.70. The molecule has 0 saturated carbocycles. The molecule has 0 saturated heterocycles. The number of hydrogen-bond acceptors (Lipinski definition) is 6. The van der Waals surface area contributed by atoms with Crippen molar-refractivity contribution in [1.29, 1.82) is 5.26 Å². The average Bonchev–Trinajstić information content (AvgIpc) is 2.79. The van der Waals surface area contributed by atoms with Crippen LogP contribution in [0.4, 0.5) is 5.82 Å². The van der Waals surface area contributed by atoms with Gasteiger partial charge in [0.15, 0.2) is 5.82 Å². The van der Waals surface area contributed by atoms with Gasteiger partial charge in [-0.25, -0.2) is 4.98 Å². The van der Waals surface area contributed by atoms with Crippen LogP contribution in [0.25, 0.3) is 0 Å². The Bertz CT molecular complexity index is 470. The second kappa shape index (κ2) is 4.15. The minimum atomic E-state index is 0.369. The first kappa shape index (κ1) is 9.08. The molecular formula is C8H7N7. The number of rotatable bonds is 3. The number of nitriles is 1. The summed E-state index contributed by atoms with van der Waals surface area (Å²) < 4.78 is 0. The van der Waals surface area contributed by atoms with Crippen molar-refractivity contribution in [3.63, 3.8) is 0 Å². The van der Waals surface area contributed by atoms with Gasteiger partial charge in [0.2, 0.25) is 0 Å². The molecule has 0 unspecified atom stereocenters. The summed E-state index contributed by atoms with van der Waals surface area (Å²) in [5.41, 5.74) is 0.369. The summed E-state index contributed by atoms with van der Waals surface area (Å²) in [6.45, 7) is 0.415. The molecule has 0 radical (unpaired) electrons. The van der Waals surface area contributed by atoms with Crippen LogP contribution in [0.2, 0.25) is 0 Å². The number of anilines is 1. The molecule has 0 aliphatic rings. The number of pyridine rings is 1. The first-order valence-electron chi connectivity index (χ1n) is 4.22. The van der Waals surface area contributed by atoms with E-state index in [0.717, 1.165) is 0 Å². The van der Waals surface area contributed by atoms with Crippen molar-refractivity contribution in [2.24, 2.45) is 0 Å². The first-order valence-corrected chi connectivity index (χ1v) is 4.22. The fraction of sp³-hybridized carbons (Fsp3) is 0.125. The smallest absolute Gasteiger partial charge is 0.193 e. The predicted molar refractivity (Wildman–Crippen MR) is 50.5 cm³/mol. The third-order valence-corrected chi connectivity index (χ3v) is 1.68. The molecule has 0 aliphatic heterocycles. The summed E-state index contributed by atoms with van der Waals surface area (Å²) in [7, 11) is 0. The number of H-pyrrole nitrogens is 1. The molecule has 15 heavy (non-hydrogen) atoms. The van der Waals surface area contributed by atoms with Crippen molar-refractivity contribution in [3.05, 3.63) is 29.7 Å². The van der Waals surface area contributed by atoms with Crippen LogP contribution in [-0.2, 0) is 6.54 Å². The van der Waals surface area contributed by atoms with Gasteiger partial charge >= 0.3 is 0 Å². The lowest BCUT2D eigenvalue weighted by Gasteiger charge is -2.01. The molecule has 0 atom stereocenters. The highest BCUT2D eigenvalue weighted by molar-refractivity contribution is 5.38. The summed E-state index contributed by atoms with van der Waals surface area (Å²) in [5, 5.41) is 24.9. The van der Waals surface area contributed by atoms with Crippen molar-refractivity contribution in [2.75, 3.05) is 5.32 Å². The maximum absolute atomic E-state index is 8.63. The fourth-order valence-corrected chi connectivity index (χ4v) is 1.02. The second-order valence-electron chi connectivity index (χ2n) is 2.70. The van der Waals surface area contributed by atoms with E-state index in [1.54, 1.807) is 18.2 Å². The Morgan fingerprint density at radius 1 is 1.47 bits per heavy atom. The number of aromatic amines is 1. The molecule has 7 heteroatoms. The van der Waals surface area contributed by atoms with E-state index in [1.165, 1.54) is 0 Å². The number of hydrogen-bond donors (Lipinski definition) is 2. The van der Waals surface area contributed by atoms with Gasteiger partial charge in [0, 0.05) is 0 Å². The molecule has 7 nitrogen and oxygen atoms in total. The molecule has 0 bridgehead atoms. The number of aromatic nitrogens is 5. The van der Waals surface area contributed by atoms with Gasteiger partial charge in [-0.2, -0.15) is 10.5 Å². The first-order chi connectivity index (χ1) is 7.38. The lowest BCUT2D eigenvalue weighted by atomic mass is 10.3. The number of nitrogens with one attached hydrogen (secondary N) is 2. The van der Waals surface area contributed by atoms with Crippen LogP contribution >= 0.6 is 0 Å². The van der Waals surface area contributed by atoms with E-state index in [1.807, 2.05) is 6.07 Å². The van der Waals surface area contributed by atoms with Gasteiger partial charge in [-0.15, -0.1) is 10.2 Å². The maximum Gasteiger partial charge on any atom is 0.193 e. The van der Waals surface area contributed by atoms with Crippen molar-refractivity contribution in [2.45, 2.75) is 6.54 Å². The molecule has 74 valence electrons. The molecule has 2 heterocycles. The summed E-state index contributed by atoms with van der Waals surface area (Å²) in [6.07, 6.45) is 0. The molecule has 0 aromatic carbocycles. The highest BCUT2D eigenvalue weighted by Gasteiger charge is 1.99. The van der Waals surface area contributed by atoms with E-state index in [2.05, 4.69) is 30.9 Å². The van der Waals surface area contributed by atoms with E-state index >= 15 is 0 Å². The SMILES string of the molecule is N#Cc1cccc(NCc2nn[nH]n2)n1. The number of nitrogens with zero attached hydrogens (tertiary/aromatic N) is 5. The summed E-state index contributed by atoms with van der Waals surface area (Å²) in [4.78, 5) is 4.03. The minimum Gasteiger partial charge on any atom is -0.363 e. The molecule has 2 rings (SSSR count). The largest absolute Gasteiger partial charge is 0.363 e. The third kappa shape index (κ3) is 2.25. The number of tetrazole rings is 1. The van der Waals surface area contributed by atoms with Gasteiger partial charge in [0.05, 0.1) is 6.54 Å². The molecule has 2 aromatic heterocycles. The fourth-order valence-electron chi connectivity index (χ4n) is 1.02. The van der Waals surface area contributed by atoms with Crippen LogP contribution in [0.15, 0.2) is 18.2 Å². The van der Waals surface area contributed by atoms with E-state index < -0.39 is 0 Å². The van der Waals surface area contributed by atoms with Crippen molar-refractivity contribution >= 4 is 5.82 Å². The molecule has 0 aliphatic carbocycles. The van der Waals surface area contributed by atoms with Gasteiger partial charge in [-0.05, 0) is 12.1 Å². The zero-order chi connectivity index (χ0) is 10.5. The lowest BCUT2D eigenvalue weighted by molar-refractivity contribution is 0.881. The highest BCUT2D eigenvalue weighted by Crippen LogP contribution is 2.04. The quantitative estimate of drug-likeness (QED) is 0.728. The third-order valence-electron chi connectivity index (χ3n) is 1.68. The van der Waals surface area contributed by atoms with Crippen LogP contribution < -0.4 is 5.32 Å². The Morgan fingerprint density at radius 2 is 2.40 bits per heavy atom. The van der Waals surface area contributed by atoms with Gasteiger partial charge in [-0.1, -0.05) is 11.3 Å². The van der Waals surface area contributed by atoms with E-state index in [0.29, 0.717) is 23.9 Å². The van der Waals surface area contributed by atoms with Crippen molar-refractivity contribution < 1.29 is 0 Å². The molecule has 2 N–H and O–H groups in total. The van der Waals surface area contributed by atoms with Gasteiger partial charge < -0.3 is 5.32 Å². The van der Waals surface area contributed by atoms with E-state index in [-0.39, 0.29) is 0 Å². The summed E-state index contributed by atoms with van der Waals surface area (Å²) in [5.74, 6) is 1.15. The monoisotopic (exact) mass is 201 g/mol. The molecule has 0 fully saturated rings. The van der Waals surface area contributed by atoms with Gasteiger partial charge in [0.25, 0.3) is 0 Å². The molecular weight excluding hydrogens is 194 g/mol. The van der Waals surface area contributed by atoms with Gasteiger partial charge in [-0.3, -0.25) is 0 Å². The average molecular weight is 201 g/mol. The van der Waals surface area contributed by atoms with Crippen LogP contribution in [0.5, 0.6) is 0 Å². The molecule has 0 amide bonds. The standard InChI is InChI=1S/C8H7N7/c9-4-6-2-1-3-7(11-6)10-5-8-12-14-15-13-8/h1-3H,5H2,(H,10,11)(H,12,13,14,15). The van der Waals surface area contributed by atoms with Crippen LogP contribution in [-0.4, -0.2) is 25.6 Å². The summed E-state index contributed by atoms with van der Waals surface area (Å²) >= 11 is 0. The topological polar surface area (TPSA) is 103 Å². The van der Waals surface area contributed by atoms with Crippen LogP contribution in [0.1, 0.15) is 11.5 Å². The van der Waals surface area contributed by atoms with E-state index in [4.69, 9.17) is 5.26 Å². The Labute approximate surface area is 85.2 Å². The van der Waals surface area contributed by atoms with Crippen molar-refractivity contribution in [3.8, 4) is 6.07 Å². The lowest BCUT2D eigenvalue weighted by Crippen LogP contribution is -2.03. The summed E-state index contributed by atoms with van der Waals surface area (Å²) in [6, 6.07) is 7.12. The zero-order valence-corrected chi connectivity index (χ0v) is 7.68. The molecule has 0 spiro atoms. The zero-order valence-electron chi connectivity index (χ0n) is 7.68. The Hall–Kier alpha value is -2.49. The van der Waals surface area contributed by atoms with Crippen LogP contribution in [0, 0.1) is 11.3 Å². The maximum atomic E-state index is 8.63. The predicted octanol–water partition coefficient (Wildman–Crippen LogP) is 0.0785. The Kier molecular flexibility index (Phi) is 2.51. The molecule has 2 aromatic rings.